The maximum Gasteiger partial charge on any atom is 0.0657 e. The maximum atomic E-state index is 6.33. The Morgan fingerprint density at radius 1 is 1.08 bits per heavy atom. The van der Waals surface area contributed by atoms with Crippen LogP contribution in [0.25, 0.3) is 10.9 Å². The Hall–Kier alpha value is -1.42. The van der Waals surface area contributed by atoms with Gasteiger partial charge in [0.15, 0.2) is 0 Å². The number of rotatable bonds is 4. The van der Waals surface area contributed by atoms with E-state index in [1.54, 1.807) is 0 Å². The first-order valence-electron chi connectivity index (χ1n) is 8.90. The van der Waals surface area contributed by atoms with Gasteiger partial charge >= 0.3 is 0 Å². The van der Waals surface area contributed by atoms with Crippen LogP contribution in [0.15, 0.2) is 53.4 Å². The van der Waals surface area contributed by atoms with Crippen molar-refractivity contribution in [1.82, 2.24) is 9.88 Å². The van der Waals surface area contributed by atoms with Crippen LogP contribution in [-0.2, 0) is 6.54 Å². The monoisotopic (exact) mass is 370 g/mol. The van der Waals surface area contributed by atoms with E-state index in [9.17, 15) is 0 Å². The Bertz CT molecular complexity index is 851. The number of benzene rings is 2. The fourth-order valence-corrected chi connectivity index (χ4v) is 5.16. The highest BCUT2D eigenvalue weighted by Crippen LogP contribution is 2.39. The molecule has 4 heteroatoms. The van der Waals surface area contributed by atoms with Crippen molar-refractivity contribution in [3.05, 3.63) is 64.8 Å². The summed E-state index contributed by atoms with van der Waals surface area (Å²) < 4.78 is 0. The van der Waals surface area contributed by atoms with Crippen molar-refractivity contribution in [2.24, 2.45) is 0 Å². The molecule has 1 aromatic heterocycles. The molecule has 2 heterocycles. The largest absolute Gasteiger partial charge is 0.356 e. The minimum atomic E-state index is 0.684. The number of halogens is 1. The second-order valence-electron chi connectivity index (χ2n) is 6.82. The molecule has 1 aliphatic rings. The molecular formula is C21H23ClN2S. The van der Waals surface area contributed by atoms with Crippen LogP contribution in [-0.4, -0.2) is 28.2 Å². The molecule has 0 unspecified atom stereocenters. The average molecular weight is 371 g/mol. The van der Waals surface area contributed by atoms with Crippen LogP contribution in [0.3, 0.4) is 0 Å². The zero-order valence-corrected chi connectivity index (χ0v) is 16.0. The molecule has 1 N–H and O–H groups in total. The lowest BCUT2D eigenvalue weighted by atomic mass is 10.1. The molecule has 130 valence electrons. The average Bonchev–Trinajstić information content (AvgIpc) is 2.95. The molecule has 1 fully saturated rings. The molecule has 2 nitrogen and oxygen atoms in total. The van der Waals surface area contributed by atoms with Crippen LogP contribution in [0.5, 0.6) is 0 Å². The minimum absolute atomic E-state index is 0.684. The summed E-state index contributed by atoms with van der Waals surface area (Å²) in [6.07, 6.45) is 2.48. The van der Waals surface area contributed by atoms with Gasteiger partial charge < -0.3 is 4.98 Å². The van der Waals surface area contributed by atoms with E-state index in [1.807, 2.05) is 23.9 Å². The van der Waals surface area contributed by atoms with Crippen LogP contribution < -0.4 is 0 Å². The van der Waals surface area contributed by atoms with Crippen molar-refractivity contribution in [3.63, 3.8) is 0 Å². The third-order valence-electron chi connectivity index (χ3n) is 4.98. The van der Waals surface area contributed by atoms with Crippen LogP contribution in [0.2, 0.25) is 5.02 Å². The van der Waals surface area contributed by atoms with E-state index in [4.69, 9.17) is 11.6 Å². The quantitative estimate of drug-likeness (QED) is 0.617. The Balaban J connectivity index is 1.41. The molecule has 0 saturated carbocycles. The summed E-state index contributed by atoms with van der Waals surface area (Å²) in [5.74, 6) is 0. The number of nitrogens with one attached hydrogen (secondary N) is 1. The summed E-state index contributed by atoms with van der Waals surface area (Å²) >= 11 is 8.36. The summed E-state index contributed by atoms with van der Waals surface area (Å²) in [6, 6.07) is 17.0. The highest BCUT2D eigenvalue weighted by Gasteiger charge is 2.22. The molecule has 0 amide bonds. The minimum Gasteiger partial charge on any atom is -0.356 e. The number of H-pyrrole nitrogens is 1. The molecule has 0 aliphatic carbocycles. The van der Waals surface area contributed by atoms with Gasteiger partial charge in [0.1, 0.15) is 0 Å². The lowest BCUT2D eigenvalue weighted by Crippen LogP contribution is -2.34. The Morgan fingerprint density at radius 3 is 2.60 bits per heavy atom. The number of fused-ring (bicyclic) bond motifs is 1. The fraction of sp³-hybridized carbons (Fsp3) is 0.333. The number of nitrogens with zero attached hydrogens (tertiary/aromatic N) is 1. The lowest BCUT2D eigenvalue weighted by Gasteiger charge is -2.31. The first-order chi connectivity index (χ1) is 12.2. The second-order valence-corrected chi connectivity index (χ2v) is 8.54. The van der Waals surface area contributed by atoms with Gasteiger partial charge in [0.05, 0.1) is 10.5 Å². The number of aromatic amines is 1. The molecule has 3 aromatic rings. The number of aryl methyl sites for hydroxylation is 1. The standard InChI is InChI=1S/C21H23ClN2S/c1-15-21(18-8-5-9-19(22)20(18)23-15)25-17-10-12-24(13-11-17)14-16-6-3-2-4-7-16/h2-9,17,23H,10-14H2,1H3. The van der Waals surface area contributed by atoms with Crippen LogP contribution in [0, 0.1) is 6.92 Å². The van der Waals surface area contributed by atoms with E-state index < -0.39 is 0 Å². The SMILES string of the molecule is Cc1[nH]c2c(Cl)cccc2c1SC1CCN(Cc2ccccc2)CC1. The van der Waals surface area contributed by atoms with Gasteiger partial charge in [0, 0.05) is 27.8 Å². The van der Waals surface area contributed by atoms with E-state index in [0.717, 1.165) is 17.1 Å². The zero-order chi connectivity index (χ0) is 17.2. The summed E-state index contributed by atoms with van der Waals surface area (Å²) in [5.41, 5.74) is 3.72. The van der Waals surface area contributed by atoms with E-state index in [0.29, 0.717) is 5.25 Å². The number of thioether (sulfide) groups is 1. The predicted octanol–water partition coefficient (Wildman–Crippen LogP) is 5.89. The summed E-state index contributed by atoms with van der Waals surface area (Å²) in [6.45, 7) is 5.58. The third-order valence-corrected chi connectivity index (χ3v) is 6.86. The first-order valence-corrected chi connectivity index (χ1v) is 10.2. The number of piperidine rings is 1. The van der Waals surface area contributed by atoms with Crippen LogP contribution in [0.4, 0.5) is 0 Å². The van der Waals surface area contributed by atoms with Crippen LogP contribution >= 0.6 is 23.4 Å². The zero-order valence-electron chi connectivity index (χ0n) is 14.5. The number of aromatic nitrogens is 1. The molecule has 25 heavy (non-hydrogen) atoms. The Morgan fingerprint density at radius 2 is 1.84 bits per heavy atom. The summed E-state index contributed by atoms with van der Waals surface area (Å²) in [5, 5.41) is 2.76. The normalized spacial score (nSPS) is 16.6. The van der Waals surface area contributed by atoms with Gasteiger partial charge in [-0.25, -0.2) is 0 Å². The van der Waals surface area contributed by atoms with E-state index in [1.165, 1.54) is 47.5 Å². The predicted molar refractivity (Wildman–Crippen MR) is 109 cm³/mol. The van der Waals surface area contributed by atoms with Gasteiger partial charge in [0.2, 0.25) is 0 Å². The maximum absolute atomic E-state index is 6.33. The van der Waals surface area contributed by atoms with Crippen molar-refractivity contribution in [2.75, 3.05) is 13.1 Å². The smallest absolute Gasteiger partial charge is 0.0657 e. The number of hydrogen-bond donors (Lipinski definition) is 1. The fourth-order valence-electron chi connectivity index (χ4n) is 3.63. The summed E-state index contributed by atoms with van der Waals surface area (Å²) in [7, 11) is 0. The molecule has 2 aromatic carbocycles. The number of likely N-dealkylation sites (tertiary alicyclic amines) is 1. The highest BCUT2D eigenvalue weighted by atomic mass is 35.5. The Kier molecular flexibility index (Phi) is 5.07. The third kappa shape index (κ3) is 3.74. The van der Waals surface area contributed by atoms with Crippen molar-refractivity contribution in [1.29, 1.82) is 0 Å². The Labute approximate surface area is 158 Å². The van der Waals surface area contributed by atoms with Gasteiger partial charge in [0.25, 0.3) is 0 Å². The molecular weight excluding hydrogens is 348 g/mol. The molecule has 0 radical (unpaired) electrons. The number of para-hydroxylation sites is 1. The lowest BCUT2D eigenvalue weighted by molar-refractivity contribution is 0.225. The van der Waals surface area contributed by atoms with Crippen molar-refractivity contribution < 1.29 is 0 Å². The first kappa shape index (κ1) is 17.0. The second kappa shape index (κ2) is 7.45. The van der Waals surface area contributed by atoms with Crippen molar-refractivity contribution >= 4 is 34.3 Å². The number of hydrogen-bond acceptors (Lipinski definition) is 2. The molecule has 4 rings (SSSR count). The molecule has 1 saturated heterocycles. The van der Waals surface area contributed by atoms with E-state index in [2.05, 4.69) is 53.2 Å². The molecule has 1 aliphatic heterocycles. The van der Waals surface area contributed by atoms with Crippen molar-refractivity contribution in [3.8, 4) is 0 Å². The molecule has 0 bridgehead atoms. The molecule has 0 atom stereocenters. The highest BCUT2D eigenvalue weighted by molar-refractivity contribution is 8.00. The van der Waals surface area contributed by atoms with Crippen molar-refractivity contribution in [2.45, 2.75) is 36.5 Å². The van der Waals surface area contributed by atoms with Crippen LogP contribution in [0.1, 0.15) is 24.1 Å². The molecule has 0 spiro atoms. The van der Waals surface area contributed by atoms with Gasteiger partial charge in [-0.3, -0.25) is 4.90 Å². The van der Waals surface area contributed by atoms with Gasteiger partial charge in [-0.1, -0.05) is 54.1 Å². The topological polar surface area (TPSA) is 19.0 Å². The van der Waals surface area contributed by atoms with Gasteiger partial charge in [-0.05, 0) is 44.5 Å². The summed E-state index contributed by atoms with van der Waals surface area (Å²) in [4.78, 5) is 7.41. The van der Waals surface area contributed by atoms with E-state index in [-0.39, 0.29) is 0 Å². The van der Waals surface area contributed by atoms with E-state index >= 15 is 0 Å². The van der Waals surface area contributed by atoms with Gasteiger partial charge in [-0.2, -0.15) is 0 Å². The van der Waals surface area contributed by atoms with Gasteiger partial charge in [-0.15, -0.1) is 11.8 Å².